The van der Waals surface area contributed by atoms with Crippen molar-refractivity contribution in [2.24, 2.45) is 0 Å². The van der Waals surface area contributed by atoms with E-state index in [1.807, 2.05) is 5.32 Å². The summed E-state index contributed by atoms with van der Waals surface area (Å²) in [5, 5.41) is 15.3. The standard InChI is InChI=1S/C20H14F3N3O7S/c1-34(31,32)15-7-12(6-14(9-15)26(29)30)19(28)25-17-3-2-13(8-16(17)20(21,22)23)24-18(27)11-4-5-33-10-11/h2-10H,1H3,(H,24,27)(H,25,28). The van der Waals surface area contributed by atoms with Crippen molar-refractivity contribution < 1.29 is 40.5 Å². The predicted molar refractivity (Wildman–Crippen MR) is 112 cm³/mol. The van der Waals surface area contributed by atoms with Crippen molar-refractivity contribution in [2.45, 2.75) is 11.1 Å². The Morgan fingerprint density at radius 2 is 1.68 bits per heavy atom. The number of sulfone groups is 1. The Kier molecular flexibility index (Phi) is 6.45. The van der Waals surface area contributed by atoms with Gasteiger partial charge in [0.2, 0.25) is 0 Å². The number of furan rings is 1. The minimum absolute atomic E-state index is 0.0679. The van der Waals surface area contributed by atoms with Crippen LogP contribution in [0.5, 0.6) is 0 Å². The first-order valence-electron chi connectivity index (χ1n) is 9.11. The second-order valence-electron chi connectivity index (χ2n) is 6.92. The lowest BCUT2D eigenvalue weighted by Crippen LogP contribution is -2.18. The molecule has 0 aliphatic heterocycles. The van der Waals surface area contributed by atoms with Gasteiger partial charge in [-0.2, -0.15) is 13.2 Å². The van der Waals surface area contributed by atoms with E-state index in [0.717, 1.165) is 42.9 Å². The maximum atomic E-state index is 13.6. The monoisotopic (exact) mass is 497 g/mol. The van der Waals surface area contributed by atoms with E-state index in [0.29, 0.717) is 6.07 Å². The number of nitro groups is 1. The maximum absolute atomic E-state index is 13.6. The van der Waals surface area contributed by atoms with Gasteiger partial charge < -0.3 is 15.1 Å². The molecule has 10 nitrogen and oxygen atoms in total. The Morgan fingerprint density at radius 3 is 2.24 bits per heavy atom. The van der Waals surface area contributed by atoms with Gasteiger partial charge in [0, 0.05) is 29.6 Å². The van der Waals surface area contributed by atoms with Crippen LogP contribution < -0.4 is 10.6 Å². The first-order valence-corrected chi connectivity index (χ1v) is 11.0. The second-order valence-corrected chi connectivity index (χ2v) is 8.94. The van der Waals surface area contributed by atoms with Gasteiger partial charge >= 0.3 is 6.18 Å². The number of alkyl halides is 3. The number of non-ortho nitro benzene ring substituents is 1. The summed E-state index contributed by atoms with van der Waals surface area (Å²) in [5.74, 6) is -1.95. The first kappa shape index (κ1) is 24.4. The molecule has 3 rings (SSSR count). The summed E-state index contributed by atoms with van der Waals surface area (Å²) >= 11 is 0. The lowest BCUT2D eigenvalue weighted by atomic mass is 10.1. The van der Waals surface area contributed by atoms with E-state index < -0.39 is 60.1 Å². The SMILES string of the molecule is CS(=O)(=O)c1cc(C(=O)Nc2ccc(NC(=O)c3ccoc3)cc2C(F)(F)F)cc([N+](=O)[O-])c1. The molecule has 0 spiro atoms. The molecule has 0 saturated carbocycles. The summed E-state index contributed by atoms with van der Waals surface area (Å²) in [4.78, 5) is 34.3. The van der Waals surface area contributed by atoms with Gasteiger partial charge in [0.25, 0.3) is 17.5 Å². The van der Waals surface area contributed by atoms with Crippen molar-refractivity contribution in [3.63, 3.8) is 0 Å². The summed E-state index contributed by atoms with van der Waals surface area (Å²) < 4.78 is 69.2. The fraction of sp³-hybridized carbons (Fsp3) is 0.100. The Hall–Kier alpha value is -4.20. The third-order valence-corrected chi connectivity index (χ3v) is 5.50. The zero-order chi connectivity index (χ0) is 25.3. The molecule has 0 atom stereocenters. The molecule has 0 aliphatic carbocycles. The molecule has 178 valence electrons. The molecule has 1 heterocycles. The van der Waals surface area contributed by atoms with Crippen LogP contribution in [0.3, 0.4) is 0 Å². The Bertz CT molecular complexity index is 1380. The molecule has 0 unspecified atom stereocenters. The molecule has 2 amide bonds. The van der Waals surface area contributed by atoms with E-state index >= 15 is 0 Å². The molecule has 3 aromatic rings. The topological polar surface area (TPSA) is 149 Å². The van der Waals surface area contributed by atoms with Gasteiger partial charge in [0.1, 0.15) is 6.26 Å². The van der Waals surface area contributed by atoms with Gasteiger partial charge in [0.15, 0.2) is 9.84 Å². The van der Waals surface area contributed by atoms with Gasteiger partial charge in [-0.15, -0.1) is 0 Å². The van der Waals surface area contributed by atoms with Crippen LogP contribution in [0, 0.1) is 10.1 Å². The molecule has 0 aliphatic rings. The largest absolute Gasteiger partial charge is 0.472 e. The highest BCUT2D eigenvalue weighted by atomic mass is 32.2. The molecular weight excluding hydrogens is 483 g/mol. The fourth-order valence-electron chi connectivity index (χ4n) is 2.79. The van der Waals surface area contributed by atoms with Gasteiger partial charge in [0.05, 0.1) is 32.9 Å². The van der Waals surface area contributed by atoms with Crippen molar-refractivity contribution in [1.82, 2.24) is 0 Å². The summed E-state index contributed by atoms with van der Waals surface area (Å²) in [6.07, 6.45) is -1.90. The third-order valence-electron chi connectivity index (χ3n) is 4.41. The summed E-state index contributed by atoms with van der Waals surface area (Å²) in [5.41, 5.74) is -3.48. The highest BCUT2D eigenvalue weighted by Gasteiger charge is 2.35. The minimum atomic E-state index is -4.96. The van der Waals surface area contributed by atoms with E-state index in [9.17, 15) is 41.3 Å². The minimum Gasteiger partial charge on any atom is -0.472 e. The van der Waals surface area contributed by atoms with Gasteiger partial charge in [-0.25, -0.2) is 8.42 Å². The predicted octanol–water partition coefficient (Wildman–Crippen LogP) is 4.11. The summed E-state index contributed by atoms with van der Waals surface area (Å²) in [6.45, 7) is 0. The Balaban J connectivity index is 1.96. The maximum Gasteiger partial charge on any atom is 0.418 e. The van der Waals surface area contributed by atoms with Gasteiger partial charge in [-0.05, 0) is 30.3 Å². The quantitative estimate of drug-likeness (QED) is 0.384. The van der Waals surface area contributed by atoms with Crippen LogP contribution in [0.25, 0.3) is 0 Å². The number of hydrogen-bond acceptors (Lipinski definition) is 7. The van der Waals surface area contributed by atoms with Crippen molar-refractivity contribution in [3.05, 3.63) is 81.8 Å². The Labute approximate surface area is 189 Å². The summed E-state index contributed by atoms with van der Waals surface area (Å²) in [7, 11) is -3.97. The molecular formula is C20H14F3N3O7S. The number of carbonyl (C=O) groups is 2. The van der Waals surface area contributed by atoms with Crippen molar-refractivity contribution in [2.75, 3.05) is 16.9 Å². The molecule has 0 radical (unpaired) electrons. The number of benzene rings is 2. The van der Waals surface area contributed by atoms with Crippen molar-refractivity contribution in [1.29, 1.82) is 0 Å². The Morgan fingerprint density at radius 1 is 1.00 bits per heavy atom. The second kappa shape index (κ2) is 8.97. The van der Waals surface area contributed by atoms with Crippen LogP contribution in [-0.4, -0.2) is 31.4 Å². The number of anilines is 2. The zero-order valence-electron chi connectivity index (χ0n) is 17.0. The van der Waals surface area contributed by atoms with Crippen LogP contribution in [-0.2, 0) is 16.0 Å². The zero-order valence-corrected chi connectivity index (χ0v) is 17.9. The number of amides is 2. The van der Waals surface area contributed by atoms with Crippen LogP contribution >= 0.6 is 0 Å². The van der Waals surface area contributed by atoms with Gasteiger partial charge in [-0.1, -0.05) is 0 Å². The number of nitro benzene ring substituents is 1. The number of nitrogens with zero attached hydrogens (tertiary/aromatic N) is 1. The average Bonchev–Trinajstić information content (AvgIpc) is 3.28. The van der Waals surface area contributed by atoms with E-state index in [1.54, 1.807) is 0 Å². The lowest BCUT2D eigenvalue weighted by molar-refractivity contribution is -0.385. The number of carbonyl (C=O) groups excluding carboxylic acids is 2. The molecule has 34 heavy (non-hydrogen) atoms. The fourth-order valence-corrected chi connectivity index (χ4v) is 3.47. The van der Waals surface area contributed by atoms with E-state index in [4.69, 9.17) is 4.42 Å². The normalized spacial score (nSPS) is 11.6. The number of rotatable bonds is 6. The first-order chi connectivity index (χ1) is 15.8. The van der Waals surface area contributed by atoms with E-state index in [2.05, 4.69) is 5.32 Å². The van der Waals surface area contributed by atoms with Crippen LogP contribution in [0.15, 0.2) is 64.3 Å². The van der Waals surface area contributed by atoms with Gasteiger partial charge in [-0.3, -0.25) is 19.7 Å². The number of halogens is 3. The smallest absolute Gasteiger partial charge is 0.418 e. The molecule has 2 aromatic carbocycles. The van der Waals surface area contributed by atoms with Crippen molar-refractivity contribution >= 4 is 38.7 Å². The lowest BCUT2D eigenvalue weighted by Gasteiger charge is -2.16. The molecule has 14 heteroatoms. The summed E-state index contributed by atoms with van der Waals surface area (Å²) in [6, 6.07) is 6.13. The highest BCUT2D eigenvalue weighted by Crippen LogP contribution is 2.37. The molecule has 0 saturated heterocycles. The highest BCUT2D eigenvalue weighted by molar-refractivity contribution is 7.90. The average molecular weight is 497 g/mol. The van der Waals surface area contributed by atoms with Crippen molar-refractivity contribution in [3.8, 4) is 0 Å². The van der Waals surface area contributed by atoms with Crippen LogP contribution in [0.2, 0.25) is 0 Å². The van der Waals surface area contributed by atoms with Crippen LogP contribution in [0.1, 0.15) is 26.3 Å². The van der Waals surface area contributed by atoms with E-state index in [1.165, 1.54) is 12.3 Å². The molecule has 0 fully saturated rings. The number of nitrogens with one attached hydrogen (secondary N) is 2. The van der Waals surface area contributed by atoms with E-state index in [-0.39, 0.29) is 11.3 Å². The molecule has 0 bridgehead atoms. The number of hydrogen-bond donors (Lipinski definition) is 2. The molecule has 1 aromatic heterocycles. The van der Waals surface area contributed by atoms with Crippen LogP contribution in [0.4, 0.5) is 30.2 Å². The third kappa shape index (κ3) is 5.58. The molecule has 2 N–H and O–H groups in total.